The van der Waals surface area contributed by atoms with Gasteiger partial charge in [0, 0.05) is 24.7 Å². The first-order chi connectivity index (χ1) is 8.10. The molecule has 0 radical (unpaired) electrons. The van der Waals surface area contributed by atoms with E-state index >= 15 is 0 Å². The van der Waals surface area contributed by atoms with Crippen molar-refractivity contribution in [1.82, 2.24) is 5.32 Å². The van der Waals surface area contributed by atoms with Gasteiger partial charge in [-0.15, -0.1) is 0 Å². The van der Waals surface area contributed by atoms with Gasteiger partial charge >= 0.3 is 6.03 Å². The average molecular weight is 236 g/mol. The summed E-state index contributed by atoms with van der Waals surface area (Å²) in [6, 6.07) is 5.07. The van der Waals surface area contributed by atoms with Gasteiger partial charge in [-0.2, -0.15) is 0 Å². The van der Waals surface area contributed by atoms with Gasteiger partial charge in [0.1, 0.15) is 0 Å². The van der Waals surface area contributed by atoms with E-state index in [1.807, 2.05) is 13.8 Å². The number of carbonyl (C=O) groups excluding carboxylic acids is 1. The number of hydrogen-bond donors (Lipinski definition) is 2. The summed E-state index contributed by atoms with van der Waals surface area (Å²) in [4.78, 5) is 11.2. The summed E-state index contributed by atoms with van der Waals surface area (Å²) in [6.07, 6.45) is -0.250. The first-order valence-corrected chi connectivity index (χ1v) is 5.56. The Bertz CT molecular complexity index is 432. The highest BCUT2D eigenvalue weighted by Gasteiger charge is 2.27. The Morgan fingerprint density at radius 3 is 2.65 bits per heavy atom. The van der Waals surface area contributed by atoms with Crippen LogP contribution in [0, 0.1) is 5.92 Å². The van der Waals surface area contributed by atoms with E-state index in [1.54, 1.807) is 25.2 Å². The van der Waals surface area contributed by atoms with Gasteiger partial charge in [-0.25, -0.2) is 4.79 Å². The van der Waals surface area contributed by atoms with Crippen LogP contribution in [-0.4, -0.2) is 19.4 Å². The molecule has 2 amide bonds. The second-order valence-corrected chi connectivity index (χ2v) is 4.21. The zero-order valence-corrected chi connectivity index (χ0v) is 10.1. The lowest BCUT2D eigenvalue weighted by atomic mass is 10.2. The summed E-state index contributed by atoms with van der Waals surface area (Å²) in [7, 11) is 1.57. The third kappa shape index (κ3) is 2.43. The highest BCUT2D eigenvalue weighted by Crippen LogP contribution is 2.38. The summed E-state index contributed by atoms with van der Waals surface area (Å²) in [5, 5.41) is 5.17. The maximum atomic E-state index is 11.2. The Balaban J connectivity index is 2.12. The van der Waals surface area contributed by atoms with Crippen molar-refractivity contribution in [3.05, 3.63) is 18.2 Å². The second kappa shape index (κ2) is 4.53. The third-order valence-corrected chi connectivity index (χ3v) is 2.46. The maximum Gasteiger partial charge on any atom is 0.318 e. The second-order valence-electron chi connectivity index (χ2n) is 4.21. The van der Waals surface area contributed by atoms with Crippen LogP contribution in [0.25, 0.3) is 0 Å². The molecule has 0 saturated carbocycles. The Morgan fingerprint density at radius 2 is 2.00 bits per heavy atom. The molecule has 0 fully saturated rings. The molecule has 1 aliphatic heterocycles. The molecule has 0 aliphatic carbocycles. The molecule has 1 aliphatic rings. The van der Waals surface area contributed by atoms with E-state index < -0.39 is 0 Å². The van der Waals surface area contributed by atoms with Crippen LogP contribution >= 0.6 is 0 Å². The topological polar surface area (TPSA) is 59.6 Å². The number of fused-ring (bicyclic) bond motifs is 1. The van der Waals surface area contributed by atoms with E-state index in [4.69, 9.17) is 9.47 Å². The van der Waals surface area contributed by atoms with Crippen LogP contribution < -0.4 is 20.1 Å². The Labute approximate surface area is 100 Å². The molecule has 2 N–H and O–H groups in total. The standard InChI is InChI=1S/C12H16N2O3/c1-7(2)11-16-9-5-4-8(6-10(9)17-11)14-12(15)13-3/h4-7,11H,1-3H3,(H2,13,14,15). The predicted molar refractivity (Wildman–Crippen MR) is 64.4 cm³/mol. The smallest absolute Gasteiger partial charge is 0.318 e. The predicted octanol–water partition coefficient (Wildman–Crippen LogP) is 2.19. The third-order valence-electron chi connectivity index (χ3n) is 2.46. The van der Waals surface area contributed by atoms with Crippen LogP contribution in [0.4, 0.5) is 10.5 Å². The average Bonchev–Trinajstić information content (AvgIpc) is 2.72. The number of rotatable bonds is 2. The van der Waals surface area contributed by atoms with Gasteiger partial charge in [-0.3, -0.25) is 0 Å². The molecule has 1 aromatic rings. The van der Waals surface area contributed by atoms with E-state index in [0.29, 0.717) is 17.2 Å². The van der Waals surface area contributed by atoms with Gasteiger partial charge < -0.3 is 20.1 Å². The van der Waals surface area contributed by atoms with E-state index in [-0.39, 0.29) is 18.2 Å². The van der Waals surface area contributed by atoms with Crippen LogP contribution in [0.3, 0.4) is 0 Å². The number of anilines is 1. The first-order valence-electron chi connectivity index (χ1n) is 5.56. The van der Waals surface area contributed by atoms with E-state index in [1.165, 1.54) is 0 Å². The number of urea groups is 1. The molecule has 0 aromatic heterocycles. The Kier molecular flexibility index (Phi) is 3.08. The van der Waals surface area contributed by atoms with Gasteiger partial charge in [0.15, 0.2) is 11.5 Å². The molecule has 1 aromatic carbocycles. The SMILES string of the molecule is CNC(=O)Nc1ccc2c(c1)OC(C(C)C)O2. The fraction of sp³-hybridized carbons (Fsp3) is 0.417. The van der Waals surface area contributed by atoms with Gasteiger partial charge in [0.05, 0.1) is 0 Å². The van der Waals surface area contributed by atoms with Crippen molar-refractivity contribution in [3.63, 3.8) is 0 Å². The highest BCUT2D eigenvalue weighted by molar-refractivity contribution is 5.89. The van der Waals surface area contributed by atoms with Crippen molar-refractivity contribution < 1.29 is 14.3 Å². The number of amides is 2. The fourth-order valence-corrected chi connectivity index (χ4v) is 1.52. The lowest BCUT2D eigenvalue weighted by Crippen LogP contribution is -2.24. The minimum absolute atomic E-state index is 0.250. The molecule has 5 heteroatoms. The van der Waals surface area contributed by atoms with Crippen LogP contribution in [0.1, 0.15) is 13.8 Å². The quantitative estimate of drug-likeness (QED) is 0.827. The summed E-state index contributed by atoms with van der Waals surface area (Å²) in [5.74, 6) is 1.65. The summed E-state index contributed by atoms with van der Waals surface area (Å²) in [5.41, 5.74) is 0.677. The van der Waals surface area contributed by atoms with Crippen molar-refractivity contribution in [3.8, 4) is 11.5 Å². The van der Waals surface area contributed by atoms with Crippen molar-refractivity contribution in [2.45, 2.75) is 20.1 Å². The van der Waals surface area contributed by atoms with Gasteiger partial charge in [0.25, 0.3) is 0 Å². The molecule has 0 bridgehead atoms. The first kappa shape index (κ1) is 11.6. The molecule has 92 valence electrons. The molecule has 5 nitrogen and oxygen atoms in total. The molecular weight excluding hydrogens is 220 g/mol. The largest absolute Gasteiger partial charge is 0.451 e. The fourth-order valence-electron chi connectivity index (χ4n) is 1.52. The molecule has 2 rings (SSSR count). The number of nitrogens with one attached hydrogen (secondary N) is 2. The molecular formula is C12H16N2O3. The Hall–Kier alpha value is -1.91. The monoisotopic (exact) mass is 236 g/mol. The molecule has 1 atom stereocenters. The minimum Gasteiger partial charge on any atom is -0.451 e. The number of ether oxygens (including phenoxy) is 2. The minimum atomic E-state index is -0.260. The summed E-state index contributed by atoms with van der Waals surface area (Å²) < 4.78 is 11.2. The maximum absolute atomic E-state index is 11.2. The lowest BCUT2D eigenvalue weighted by molar-refractivity contribution is 0.00912. The molecule has 0 spiro atoms. The molecule has 1 unspecified atom stereocenters. The van der Waals surface area contributed by atoms with Crippen molar-refractivity contribution in [1.29, 1.82) is 0 Å². The number of hydrogen-bond acceptors (Lipinski definition) is 3. The molecule has 17 heavy (non-hydrogen) atoms. The van der Waals surface area contributed by atoms with Crippen molar-refractivity contribution in [2.24, 2.45) is 5.92 Å². The zero-order valence-electron chi connectivity index (χ0n) is 10.1. The van der Waals surface area contributed by atoms with E-state index in [0.717, 1.165) is 0 Å². The van der Waals surface area contributed by atoms with E-state index in [9.17, 15) is 4.79 Å². The number of benzene rings is 1. The Morgan fingerprint density at radius 1 is 1.29 bits per heavy atom. The van der Waals surface area contributed by atoms with Crippen LogP contribution in [-0.2, 0) is 0 Å². The van der Waals surface area contributed by atoms with Crippen molar-refractivity contribution in [2.75, 3.05) is 12.4 Å². The highest BCUT2D eigenvalue weighted by atomic mass is 16.7. The van der Waals surface area contributed by atoms with Crippen LogP contribution in [0.5, 0.6) is 11.5 Å². The summed E-state index contributed by atoms with van der Waals surface area (Å²) >= 11 is 0. The summed E-state index contributed by atoms with van der Waals surface area (Å²) in [6.45, 7) is 4.06. The van der Waals surface area contributed by atoms with E-state index in [2.05, 4.69) is 10.6 Å². The lowest BCUT2D eigenvalue weighted by Gasteiger charge is -2.12. The number of carbonyl (C=O) groups is 1. The normalized spacial score (nSPS) is 17.1. The van der Waals surface area contributed by atoms with Crippen molar-refractivity contribution >= 4 is 11.7 Å². The molecule has 0 saturated heterocycles. The van der Waals surface area contributed by atoms with Gasteiger partial charge in [-0.1, -0.05) is 13.8 Å². The van der Waals surface area contributed by atoms with Gasteiger partial charge in [0.2, 0.25) is 6.29 Å². The van der Waals surface area contributed by atoms with Crippen LogP contribution in [0.2, 0.25) is 0 Å². The van der Waals surface area contributed by atoms with Gasteiger partial charge in [-0.05, 0) is 12.1 Å². The molecule has 1 heterocycles. The van der Waals surface area contributed by atoms with Crippen LogP contribution in [0.15, 0.2) is 18.2 Å². The zero-order chi connectivity index (χ0) is 12.4.